The van der Waals surface area contributed by atoms with E-state index < -0.39 is 5.92 Å². The monoisotopic (exact) mass is 439 g/mol. The Morgan fingerprint density at radius 2 is 1.94 bits per heavy atom. The molecule has 0 aromatic heterocycles. The maximum Gasteiger partial charge on any atom is 0.229 e. The molecule has 8 nitrogen and oxygen atoms in total. The van der Waals surface area contributed by atoms with Crippen LogP contribution >= 0.6 is 0 Å². The van der Waals surface area contributed by atoms with Gasteiger partial charge in [0.15, 0.2) is 0 Å². The van der Waals surface area contributed by atoms with Crippen molar-refractivity contribution in [3.63, 3.8) is 0 Å². The van der Waals surface area contributed by atoms with E-state index in [9.17, 15) is 9.59 Å². The maximum atomic E-state index is 12.9. The second-order valence-electron chi connectivity index (χ2n) is 8.02. The van der Waals surface area contributed by atoms with Gasteiger partial charge in [0.1, 0.15) is 11.5 Å². The van der Waals surface area contributed by atoms with Crippen molar-refractivity contribution in [3.8, 4) is 11.5 Å². The zero-order chi connectivity index (χ0) is 22.5. The number of methoxy groups -OCH3 is 2. The molecule has 2 amide bonds. The molecular weight excluding hydrogens is 410 g/mol. The van der Waals surface area contributed by atoms with Gasteiger partial charge in [0.2, 0.25) is 11.8 Å². The number of amides is 2. The van der Waals surface area contributed by atoms with Crippen molar-refractivity contribution < 1.29 is 23.8 Å². The summed E-state index contributed by atoms with van der Waals surface area (Å²) >= 11 is 0. The molecule has 0 aliphatic carbocycles. The van der Waals surface area contributed by atoms with Crippen LogP contribution < -0.4 is 19.7 Å². The van der Waals surface area contributed by atoms with Gasteiger partial charge in [-0.05, 0) is 29.8 Å². The lowest BCUT2D eigenvalue weighted by Gasteiger charge is -2.26. The molecule has 32 heavy (non-hydrogen) atoms. The first-order chi connectivity index (χ1) is 15.6. The summed E-state index contributed by atoms with van der Waals surface area (Å²) in [7, 11) is 3.12. The fourth-order valence-electron chi connectivity index (χ4n) is 4.13. The van der Waals surface area contributed by atoms with E-state index in [1.165, 1.54) is 0 Å². The molecule has 1 atom stereocenters. The molecule has 170 valence electrons. The first kappa shape index (κ1) is 22.1. The number of nitrogens with zero attached hydrogens (tertiary/aromatic N) is 2. The Balaban J connectivity index is 1.40. The van der Waals surface area contributed by atoms with Crippen molar-refractivity contribution in [2.45, 2.75) is 13.0 Å². The number of anilines is 2. The molecule has 0 saturated carbocycles. The Hall–Kier alpha value is -3.10. The predicted molar refractivity (Wildman–Crippen MR) is 121 cm³/mol. The third kappa shape index (κ3) is 5.03. The van der Waals surface area contributed by atoms with Crippen LogP contribution in [0.15, 0.2) is 42.5 Å². The van der Waals surface area contributed by atoms with Gasteiger partial charge in [-0.2, -0.15) is 0 Å². The molecule has 2 heterocycles. The number of benzene rings is 2. The molecule has 1 N–H and O–H groups in total. The summed E-state index contributed by atoms with van der Waals surface area (Å²) < 4.78 is 16.1. The van der Waals surface area contributed by atoms with Crippen LogP contribution in [0.1, 0.15) is 12.0 Å². The Morgan fingerprint density at radius 1 is 1.12 bits per heavy atom. The highest BCUT2D eigenvalue weighted by Gasteiger charge is 2.36. The molecule has 2 fully saturated rings. The molecule has 2 aromatic rings. The molecule has 4 rings (SSSR count). The van der Waals surface area contributed by atoms with Gasteiger partial charge in [-0.15, -0.1) is 0 Å². The second-order valence-corrected chi connectivity index (χ2v) is 8.02. The van der Waals surface area contributed by atoms with Gasteiger partial charge < -0.3 is 24.4 Å². The maximum absolute atomic E-state index is 12.9. The Kier molecular flexibility index (Phi) is 6.92. The van der Waals surface area contributed by atoms with Crippen LogP contribution in [0.4, 0.5) is 11.4 Å². The zero-order valence-corrected chi connectivity index (χ0v) is 18.5. The highest BCUT2D eigenvalue weighted by atomic mass is 16.5. The molecule has 2 aliphatic heterocycles. The molecule has 2 aromatic carbocycles. The van der Waals surface area contributed by atoms with Gasteiger partial charge >= 0.3 is 0 Å². The summed E-state index contributed by atoms with van der Waals surface area (Å²) in [5.41, 5.74) is 2.52. The summed E-state index contributed by atoms with van der Waals surface area (Å²) in [5.74, 6) is 0.488. The van der Waals surface area contributed by atoms with Crippen molar-refractivity contribution >= 4 is 23.2 Å². The van der Waals surface area contributed by atoms with E-state index in [0.29, 0.717) is 23.7 Å². The number of morpholine rings is 1. The molecule has 2 saturated heterocycles. The lowest BCUT2D eigenvalue weighted by molar-refractivity contribution is -0.122. The average molecular weight is 440 g/mol. The number of ether oxygens (including phenoxy) is 3. The number of hydrogen-bond acceptors (Lipinski definition) is 6. The minimum absolute atomic E-state index is 0.102. The van der Waals surface area contributed by atoms with E-state index in [2.05, 4.69) is 16.3 Å². The molecule has 0 bridgehead atoms. The summed E-state index contributed by atoms with van der Waals surface area (Å²) in [6, 6.07) is 13.2. The van der Waals surface area contributed by atoms with Crippen molar-refractivity contribution in [1.29, 1.82) is 0 Å². The van der Waals surface area contributed by atoms with Crippen LogP contribution in [0.5, 0.6) is 11.5 Å². The third-order valence-electron chi connectivity index (χ3n) is 5.88. The summed E-state index contributed by atoms with van der Waals surface area (Å²) in [6.07, 6.45) is 0.161. The fraction of sp³-hybridized carbons (Fsp3) is 0.417. The van der Waals surface area contributed by atoms with Gasteiger partial charge in [-0.25, -0.2) is 0 Å². The van der Waals surface area contributed by atoms with Crippen molar-refractivity contribution in [1.82, 2.24) is 4.90 Å². The van der Waals surface area contributed by atoms with Crippen LogP contribution in [0.25, 0.3) is 0 Å². The van der Waals surface area contributed by atoms with Crippen LogP contribution in [0.2, 0.25) is 0 Å². The first-order valence-electron chi connectivity index (χ1n) is 10.8. The van der Waals surface area contributed by atoms with Gasteiger partial charge in [-0.3, -0.25) is 14.5 Å². The number of hydrogen-bond donors (Lipinski definition) is 1. The second kappa shape index (κ2) is 10.0. The highest BCUT2D eigenvalue weighted by molar-refractivity contribution is 6.04. The van der Waals surface area contributed by atoms with Crippen LogP contribution in [-0.4, -0.2) is 63.8 Å². The van der Waals surface area contributed by atoms with Gasteiger partial charge in [0, 0.05) is 44.4 Å². The van der Waals surface area contributed by atoms with E-state index in [1.807, 2.05) is 18.2 Å². The quantitative estimate of drug-likeness (QED) is 0.714. The largest absolute Gasteiger partial charge is 0.497 e. The smallest absolute Gasteiger partial charge is 0.229 e. The molecular formula is C24H29N3O5. The van der Waals surface area contributed by atoms with Crippen molar-refractivity contribution in [2.24, 2.45) is 5.92 Å². The SMILES string of the molecule is COc1ccc(N2CC(C(=O)Nc3cccc(CN4CCOCC4)c3)CC2=O)c(OC)c1. The lowest BCUT2D eigenvalue weighted by atomic mass is 10.1. The molecule has 0 radical (unpaired) electrons. The lowest BCUT2D eigenvalue weighted by Crippen LogP contribution is -2.35. The van der Waals surface area contributed by atoms with E-state index in [4.69, 9.17) is 14.2 Å². The van der Waals surface area contributed by atoms with Crippen molar-refractivity contribution in [3.05, 3.63) is 48.0 Å². The van der Waals surface area contributed by atoms with E-state index in [1.54, 1.807) is 37.3 Å². The third-order valence-corrected chi connectivity index (χ3v) is 5.88. The minimum Gasteiger partial charge on any atom is -0.497 e. The van der Waals surface area contributed by atoms with Gasteiger partial charge in [0.05, 0.1) is 39.0 Å². The summed E-state index contributed by atoms with van der Waals surface area (Å²) in [4.78, 5) is 29.6. The number of nitrogens with one attached hydrogen (secondary N) is 1. The molecule has 8 heteroatoms. The van der Waals surface area contributed by atoms with Crippen molar-refractivity contribution in [2.75, 3.05) is 57.3 Å². The average Bonchev–Trinajstić information content (AvgIpc) is 3.21. The van der Waals surface area contributed by atoms with Crippen LogP contribution in [0.3, 0.4) is 0 Å². The number of carbonyl (C=O) groups excluding carboxylic acids is 2. The van der Waals surface area contributed by atoms with Crippen LogP contribution in [0, 0.1) is 5.92 Å². The first-order valence-corrected chi connectivity index (χ1v) is 10.8. The Morgan fingerprint density at radius 3 is 2.69 bits per heavy atom. The van der Waals surface area contributed by atoms with E-state index in [0.717, 1.165) is 44.1 Å². The van der Waals surface area contributed by atoms with E-state index in [-0.39, 0.29) is 18.2 Å². The normalized spacial score (nSPS) is 19.1. The topological polar surface area (TPSA) is 80.3 Å². The fourth-order valence-corrected chi connectivity index (χ4v) is 4.13. The summed E-state index contributed by atoms with van der Waals surface area (Å²) in [6.45, 7) is 4.45. The molecule has 0 spiro atoms. The molecule has 1 unspecified atom stereocenters. The standard InChI is InChI=1S/C24H29N3O5/c1-30-20-6-7-21(22(14-20)31-2)27-16-18(13-23(27)28)24(29)25-19-5-3-4-17(12-19)15-26-8-10-32-11-9-26/h3-7,12,14,18H,8-11,13,15-16H2,1-2H3,(H,25,29). The zero-order valence-electron chi connectivity index (χ0n) is 18.5. The van der Waals surface area contributed by atoms with Crippen LogP contribution in [-0.2, 0) is 20.9 Å². The van der Waals surface area contributed by atoms with E-state index >= 15 is 0 Å². The number of carbonyl (C=O) groups is 2. The minimum atomic E-state index is -0.433. The Labute approximate surface area is 188 Å². The van der Waals surface area contributed by atoms with Gasteiger partial charge in [0.25, 0.3) is 0 Å². The Bertz CT molecular complexity index is 974. The molecule has 2 aliphatic rings. The predicted octanol–water partition coefficient (Wildman–Crippen LogP) is 2.53. The summed E-state index contributed by atoms with van der Waals surface area (Å²) in [5, 5.41) is 2.99. The number of rotatable bonds is 7. The van der Waals surface area contributed by atoms with Gasteiger partial charge in [-0.1, -0.05) is 12.1 Å². The highest BCUT2D eigenvalue weighted by Crippen LogP contribution is 2.36.